The molecule has 3 fully saturated rings. The van der Waals surface area contributed by atoms with Crippen LogP contribution in [0.25, 0.3) is 4.85 Å². The molecule has 2 bridgehead atoms. The Labute approximate surface area is 124 Å². The minimum absolute atomic E-state index is 0.0620. The van der Waals surface area contributed by atoms with Crippen molar-refractivity contribution >= 4 is 11.9 Å². The van der Waals surface area contributed by atoms with Gasteiger partial charge in [0.25, 0.3) is 5.54 Å². The molecular weight excluding hydrogens is 270 g/mol. The van der Waals surface area contributed by atoms with E-state index in [1.165, 1.54) is 0 Å². The first kappa shape index (κ1) is 14.4. The topological polar surface area (TPSA) is 57.0 Å². The number of fused-ring (bicyclic) bond motifs is 5. The lowest BCUT2D eigenvalue weighted by Crippen LogP contribution is -2.48. The fraction of sp³-hybridized carbons (Fsp3) is 0.812. The number of carbonyl (C=O) groups excluding carboxylic acids is 2. The molecule has 114 valence electrons. The maximum atomic E-state index is 12.3. The Morgan fingerprint density at radius 2 is 2.24 bits per heavy atom. The molecule has 2 aliphatic carbocycles. The zero-order valence-electron chi connectivity index (χ0n) is 12.7. The number of ether oxygens (including phenoxy) is 2. The van der Waals surface area contributed by atoms with Crippen LogP contribution >= 0.6 is 0 Å². The average Bonchev–Trinajstić information content (AvgIpc) is 3.07. The van der Waals surface area contributed by atoms with E-state index >= 15 is 0 Å². The van der Waals surface area contributed by atoms with Crippen LogP contribution in [0.3, 0.4) is 0 Å². The third-order valence-corrected chi connectivity index (χ3v) is 5.69. The lowest BCUT2D eigenvalue weighted by molar-refractivity contribution is -0.164. The summed E-state index contributed by atoms with van der Waals surface area (Å²) in [6.45, 7) is 13.3. The van der Waals surface area contributed by atoms with Crippen molar-refractivity contribution in [2.45, 2.75) is 64.2 Å². The minimum atomic E-state index is -0.790. The molecule has 5 nitrogen and oxygen atoms in total. The minimum Gasteiger partial charge on any atom is -0.461 e. The Balaban J connectivity index is 1.79. The number of nitrogens with zero attached hydrogens (tertiary/aromatic N) is 1. The van der Waals surface area contributed by atoms with Crippen molar-refractivity contribution in [1.29, 1.82) is 0 Å². The fourth-order valence-electron chi connectivity index (χ4n) is 4.03. The third kappa shape index (κ3) is 1.88. The predicted octanol–water partition coefficient (Wildman–Crippen LogP) is 2.35. The molecule has 5 heteroatoms. The van der Waals surface area contributed by atoms with Gasteiger partial charge >= 0.3 is 11.9 Å². The summed E-state index contributed by atoms with van der Waals surface area (Å²) in [6.07, 6.45) is 1.86. The summed E-state index contributed by atoms with van der Waals surface area (Å²) < 4.78 is 11.1. The Kier molecular flexibility index (Phi) is 3.05. The summed E-state index contributed by atoms with van der Waals surface area (Å²) in [4.78, 5) is 27.6. The summed E-state index contributed by atoms with van der Waals surface area (Å²) >= 11 is 0. The molecule has 0 aromatic carbocycles. The van der Waals surface area contributed by atoms with Crippen molar-refractivity contribution < 1.29 is 19.1 Å². The van der Waals surface area contributed by atoms with Crippen LogP contribution in [0.2, 0.25) is 0 Å². The van der Waals surface area contributed by atoms with E-state index < -0.39 is 11.0 Å². The van der Waals surface area contributed by atoms with E-state index in [1.807, 2.05) is 20.8 Å². The molecule has 3 aliphatic rings. The van der Waals surface area contributed by atoms with Gasteiger partial charge in [0.2, 0.25) is 0 Å². The van der Waals surface area contributed by atoms with Gasteiger partial charge in [0, 0.05) is 5.92 Å². The molecule has 1 heterocycles. The van der Waals surface area contributed by atoms with Crippen LogP contribution in [-0.4, -0.2) is 29.7 Å². The first-order chi connectivity index (χ1) is 9.84. The summed E-state index contributed by atoms with van der Waals surface area (Å²) in [7, 11) is 0. The van der Waals surface area contributed by atoms with Crippen molar-refractivity contribution in [2.75, 3.05) is 0 Å². The highest BCUT2D eigenvalue weighted by Crippen LogP contribution is 2.59. The molecule has 0 aromatic rings. The molecule has 3 rings (SSSR count). The van der Waals surface area contributed by atoms with E-state index in [-0.39, 0.29) is 42.4 Å². The Morgan fingerprint density at radius 1 is 1.52 bits per heavy atom. The first-order valence-electron chi connectivity index (χ1n) is 7.63. The van der Waals surface area contributed by atoms with Gasteiger partial charge in [-0.25, -0.2) is 6.57 Å². The molecule has 1 aliphatic heterocycles. The van der Waals surface area contributed by atoms with E-state index in [0.29, 0.717) is 12.8 Å². The largest absolute Gasteiger partial charge is 0.461 e. The van der Waals surface area contributed by atoms with Gasteiger partial charge in [-0.1, -0.05) is 6.92 Å². The molecule has 1 saturated heterocycles. The lowest BCUT2D eigenvalue weighted by atomic mass is 9.77. The third-order valence-electron chi connectivity index (χ3n) is 5.69. The molecule has 0 aromatic heterocycles. The summed E-state index contributed by atoms with van der Waals surface area (Å²) in [5.41, 5.74) is -1.30. The van der Waals surface area contributed by atoms with Gasteiger partial charge in [-0.3, -0.25) is 9.59 Å². The lowest BCUT2D eigenvalue weighted by Gasteiger charge is -2.33. The molecule has 21 heavy (non-hydrogen) atoms. The van der Waals surface area contributed by atoms with Crippen molar-refractivity contribution in [2.24, 2.45) is 17.3 Å². The Bertz CT molecular complexity index is 535. The van der Waals surface area contributed by atoms with Gasteiger partial charge in [-0.15, -0.1) is 0 Å². The normalized spacial score (nSPS) is 40.6. The van der Waals surface area contributed by atoms with Crippen LogP contribution in [0.4, 0.5) is 0 Å². The first-order valence-corrected chi connectivity index (χ1v) is 7.63. The maximum Gasteiger partial charge on any atom is 0.314 e. The van der Waals surface area contributed by atoms with E-state index in [0.717, 1.165) is 6.42 Å². The summed E-state index contributed by atoms with van der Waals surface area (Å²) in [5.74, 6) is -0.387. The summed E-state index contributed by atoms with van der Waals surface area (Å²) in [6, 6.07) is 0. The van der Waals surface area contributed by atoms with Crippen molar-refractivity contribution in [3.8, 4) is 0 Å². The SMILES string of the molecule is [C-]#[N+]C12CC(=O)OC1C1CC(OC(=O)C(C)(C)CC)C2C1. The van der Waals surface area contributed by atoms with Gasteiger partial charge in [0.05, 0.1) is 11.3 Å². The van der Waals surface area contributed by atoms with Crippen molar-refractivity contribution in [1.82, 2.24) is 0 Å². The Hall–Kier alpha value is -1.57. The fourth-order valence-corrected chi connectivity index (χ4v) is 4.03. The Morgan fingerprint density at radius 3 is 2.86 bits per heavy atom. The van der Waals surface area contributed by atoms with Gasteiger partial charge < -0.3 is 14.3 Å². The van der Waals surface area contributed by atoms with Crippen LogP contribution in [0, 0.1) is 23.8 Å². The van der Waals surface area contributed by atoms with Crippen LogP contribution in [-0.2, 0) is 19.1 Å². The van der Waals surface area contributed by atoms with Crippen LogP contribution in [0.1, 0.15) is 46.5 Å². The predicted molar refractivity (Wildman–Crippen MR) is 74.0 cm³/mol. The molecule has 0 spiro atoms. The second-order valence-corrected chi connectivity index (χ2v) is 7.21. The molecule has 5 atom stereocenters. The molecule has 0 amide bonds. The number of esters is 2. The molecule has 5 unspecified atom stereocenters. The van der Waals surface area contributed by atoms with Gasteiger partial charge in [0.1, 0.15) is 12.5 Å². The zero-order valence-corrected chi connectivity index (χ0v) is 12.7. The molecule has 0 N–H and O–H groups in total. The molecular formula is C16H21NO4. The van der Waals surface area contributed by atoms with Gasteiger partial charge in [0.15, 0.2) is 6.10 Å². The van der Waals surface area contributed by atoms with E-state index in [2.05, 4.69) is 4.85 Å². The second kappa shape index (κ2) is 4.46. The van der Waals surface area contributed by atoms with Gasteiger partial charge in [-0.2, -0.15) is 0 Å². The quantitative estimate of drug-likeness (QED) is 0.591. The average molecular weight is 291 g/mol. The molecule has 0 radical (unpaired) electrons. The zero-order chi connectivity index (χ0) is 15.4. The summed E-state index contributed by atoms with van der Waals surface area (Å²) in [5, 5.41) is 0. The van der Waals surface area contributed by atoms with Crippen molar-refractivity contribution in [3.63, 3.8) is 0 Å². The highest BCUT2D eigenvalue weighted by atomic mass is 16.6. The van der Waals surface area contributed by atoms with Gasteiger partial charge in [-0.05, 0) is 33.1 Å². The second-order valence-electron chi connectivity index (χ2n) is 7.21. The number of carbonyl (C=O) groups is 2. The van der Waals surface area contributed by atoms with Crippen LogP contribution < -0.4 is 0 Å². The number of hydrogen-bond acceptors (Lipinski definition) is 4. The van der Waals surface area contributed by atoms with E-state index in [4.69, 9.17) is 16.0 Å². The van der Waals surface area contributed by atoms with E-state index in [1.54, 1.807) is 0 Å². The van der Waals surface area contributed by atoms with Crippen LogP contribution in [0.15, 0.2) is 0 Å². The smallest absolute Gasteiger partial charge is 0.314 e. The highest BCUT2D eigenvalue weighted by molar-refractivity contribution is 5.77. The molecule has 2 saturated carbocycles. The number of hydrogen-bond donors (Lipinski definition) is 0. The van der Waals surface area contributed by atoms with Crippen LogP contribution in [0.5, 0.6) is 0 Å². The number of rotatable bonds is 3. The van der Waals surface area contributed by atoms with Crippen molar-refractivity contribution in [3.05, 3.63) is 11.4 Å². The van der Waals surface area contributed by atoms with E-state index in [9.17, 15) is 9.59 Å². The monoisotopic (exact) mass is 291 g/mol. The maximum absolute atomic E-state index is 12.3. The standard InChI is InChI=1S/C16H21NO4/c1-5-15(2,3)14(19)20-11-7-9-6-10(11)16(17-4)8-12(18)21-13(9)16/h9-11,13H,5-8H2,1-3H3. The highest BCUT2D eigenvalue weighted by Gasteiger charge is 2.74.